The van der Waals surface area contributed by atoms with Crippen LogP contribution in [0.4, 0.5) is 0 Å². The van der Waals surface area contributed by atoms with E-state index in [1.54, 1.807) is 6.07 Å². The highest BCUT2D eigenvalue weighted by Gasteiger charge is 2.12. The predicted molar refractivity (Wildman–Crippen MR) is 74.0 cm³/mol. The van der Waals surface area contributed by atoms with Crippen molar-refractivity contribution in [3.8, 4) is 5.75 Å². The van der Waals surface area contributed by atoms with E-state index < -0.39 is 5.97 Å². The van der Waals surface area contributed by atoms with Gasteiger partial charge in [0.2, 0.25) is 5.76 Å². The minimum absolute atomic E-state index is 0.0166. The van der Waals surface area contributed by atoms with Crippen LogP contribution in [0.3, 0.4) is 0 Å². The maximum atomic E-state index is 10.8. The third kappa shape index (κ3) is 3.86. The third-order valence-electron chi connectivity index (χ3n) is 2.79. The van der Waals surface area contributed by atoms with Gasteiger partial charge >= 0.3 is 5.97 Å². The van der Waals surface area contributed by atoms with E-state index >= 15 is 0 Å². The summed E-state index contributed by atoms with van der Waals surface area (Å²) >= 11 is 0. The summed E-state index contributed by atoms with van der Waals surface area (Å²) in [6.45, 7) is 3.59. The lowest BCUT2D eigenvalue weighted by Gasteiger charge is -2.07. The molecule has 5 heteroatoms. The summed E-state index contributed by atoms with van der Waals surface area (Å²) in [5.74, 6) is -0.235. The van der Waals surface area contributed by atoms with Crippen molar-refractivity contribution in [2.45, 2.75) is 13.5 Å². The Bertz CT molecular complexity index is 577. The van der Waals surface area contributed by atoms with Crippen LogP contribution in [-0.4, -0.2) is 24.2 Å². The average molecular weight is 275 g/mol. The van der Waals surface area contributed by atoms with Gasteiger partial charge in [-0.2, -0.15) is 0 Å². The Labute approximate surface area is 117 Å². The minimum Gasteiger partial charge on any atom is -0.492 e. The maximum Gasteiger partial charge on any atom is 0.372 e. The molecule has 2 rings (SSSR count). The molecule has 0 radical (unpaired) electrons. The van der Waals surface area contributed by atoms with Crippen LogP contribution < -0.4 is 10.1 Å². The number of ether oxygens (including phenoxy) is 1. The molecule has 0 bridgehead atoms. The molecule has 0 aliphatic heterocycles. The first-order valence-corrected chi connectivity index (χ1v) is 6.36. The van der Waals surface area contributed by atoms with Crippen molar-refractivity contribution in [1.29, 1.82) is 0 Å². The van der Waals surface area contributed by atoms with Gasteiger partial charge in [0.25, 0.3) is 0 Å². The first kappa shape index (κ1) is 14.1. The maximum absolute atomic E-state index is 10.8. The number of carbonyl (C=O) groups is 1. The summed E-state index contributed by atoms with van der Waals surface area (Å²) in [5.41, 5.74) is 1.79. The Hall–Kier alpha value is -2.27. The van der Waals surface area contributed by atoms with Crippen LogP contribution in [0.15, 0.2) is 41.0 Å². The zero-order valence-electron chi connectivity index (χ0n) is 11.3. The van der Waals surface area contributed by atoms with Crippen LogP contribution in [0, 0.1) is 6.92 Å². The average Bonchev–Trinajstić information content (AvgIpc) is 2.87. The fourth-order valence-electron chi connectivity index (χ4n) is 1.83. The first-order valence-electron chi connectivity index (χ1n) is 6.36. The van der Waals surface area contributed by atoms with Gasteiger partial charge in [-0.05, 0) is 30.7 Å². The van der Waals surface area contributed by atoms with Crippen LogP contribution in [0.1, 0.15) is 21.7 Å². The van der Waals surface area contributed by atoms with E-state index in [0.29, 0.717) is 25.3 Å². The summed E-state index contributed by atoms with van der Waals surface area (Å²) in [5, 5.41) is 12.0. The number of hydrogen-bond acceptors (Lipinski definition) is 4. The van der Waals surface area contributed by atoms with E-state index in [1.807, 2.05) is 31.2 Å². The van der Waals surface area contributed by atoms with Gasteiger partial charge in [-0.3, -0.25) is 0 Å². The van der Waals surface area contributed by atoms with Gasteiger partial charge < -0.3 is 19.6 Å². The molecule has 0 saturated heterocycles. The van der Waals surface area contributed by atoms with Crippen molar-refractivity contribution in [3.63, 3.8) is 0 Å². The van der Waals surface area contributed by atoms with E-state index in [0.717, 1.165) is 11.3 Å². The zero-order valence-corrected chi connectivity index (χ0v) is 11.3. The first-order chi connectivity index (χ1) is 9.66. The monoisotopic (exact) mass is 275 g/mol. The number of aryl methyl sites for hydroxylation is 1. The van der Waals surface area contributed by atoms with Crippen LogP contribution >= 0.6 is 0 Å². The zero-order chi connectivity index (χ0) is 14.4. The highest BCUT2D eigenvalue weighted by Crippen LogP contribution is 2.12. The molecule has 0 unspecified atom stereocenters. The largest absolute Gasteiger partial charge is 0.492 e. The molecule has 0 spiro atoms. The van der Waals surface area contributed by atoms with Crippen molar-refractivity contribution in [2.24, 2.45) is 0 Å². The SMILES string of the molecule is Cc1cccc(OCCNCc2ccoc2C(=O)O)c1. The molecule has 20 heavy (non-hydrogen) atoms. The molecule has 106 valence electrons. The number of aromatic carboxylic acids is 1. The molecule has 0 aliphatic rings. The number of rotatable bonds is 7. The highest BCUT2D eigenvalue weighted by molar-refractivity contribution is 5.86. The van der Waals surface area contributed by atoms with E-state index in [1.165, 1.54) is 6.26 Å². The molecule has 0 fully saturated rings. The van der Waals surface area contributed by atoms with Gasteiger partial charge in [0.15, 0.2) is 0 Å². The van der Waals surface area contributed by atoms with Crippen molar-refractivity contribution in [2.75, 3.05) is 13.2 Å². The van der Waals surface area contributed by atoms with Crippen LogP contribution in [0.25, 0.3) is 0 Å². The minimum atomic E-state index is -1.05. The summed E-state index contributed by atoms with van der Waals surface area (Å²) in [6, 6.07) is 9.49. The fourth-order valence-corrected chi connectivity index (χ4v) is 1.83. The van der Waals surface area contributed by atoms with Crippen LogP contribution in [-0.2, 0) is 6.54 Å². The number of hydrogen-bond donors (Lipinski definition) is 2. The smallest absolute Gasteiger partial charge is 0.372 e. The molecule has 5 nitrogen and oxygen atoms in total. The summed E-state index contributed by atoms with van der Waals surface area (Å²) < 4.78 is 10.5. The highest BCUT2D eigenvalue weighted by atomic mass is 16.5. The second-order valence-electron chi connectivity index (χ2n) is 4.42. The Morgan fingerprint density at radius 1 is 1.40 bits per heavy atom. The topological polar surface area (TPSA) is 71.7 Å². The normalized spacial score (nSPS) is 10.4. The number of carboxylic acids is 1. The number of carboxylic acid groups (broad SMARTS) is 1. The molecule has 1 aromatic carbocycles. The van der Waals surface area contributed by atoms with Gasteiger partial charge in [-0.15, -0.1) is 0 Å². The van der Waals surface area contributed by atoms with Crippen LogP contribution in [0.2, 0.25) is 0 Å². The Morgan fingerprint density at radius 2 is 2.25 bits per heavy atom. The molecule has 1 heterocycles. The number of nitrogens with one attached hydrogen (secondary N) is 1. The standard InChI is InChI=1S/C15H17NO4/c1-11-3-2-4-13(9-11)19-8-6-16-10-12-5-7-20-14(12)15(17)18/h2-5,7,9,16H,6,8,10H2,1H3,(H,17,18). The van der Waals surface area contributed by atoms with E-state index in [4.69, 9.17) is 14.3 Å². The van der Waals surface area contributed by atoms with Crippen LogP contribution in [0.5, 0.6) is 5.75 Å². The van der Waals surface area contributed by atoms with E-state index in [9.17, 15) is 4.79 Å². The second kappa shape index (κ2) is 6.77. The second-order valence-corrected chi connectivity index (χ2v) is 4.42. The summed E-state index contributed by atoms with van der Waals surface area (Å²) in [6.07, 6.45) is 1.38. The van der Waals surface area contributed by atoms with Crippen molar-refractivity contribution in [1.82, 2.24) is 5.32 Å². The summed E-state index contributed by atoms with van der Waals surface area (Å²) in [4.78, 5) is 10.8. The molecule has 0 aliphatic carbocycles. The van der Waals surface area contributed by atoms with Crippen molar-refractivity contribution in [3.05, 3.63) is 53.5 Å². The number of furan rings is 1. The van der Waals surface area contributed by atoms with Gasteiger partial charge in [0, 0.05) is 18.7 Å². The van der Waals surface area contributed by atoms with Crippen molar-refractivity contribution < 1.29 is 19.1 Å². The Kier molecular flexibility index (Phi) is 4.79. The van der Waals surface area contributed by atoms with Gasteiger partial charge in [-0.25, -0.2) is 4.79 Å². The lowest BCUT2D eigenvalue weighted by molar-refractivity contribution is 0.0660. The molecule has 0 saturated carbocycles. The van der Waals surface area contributed by atoms with Gasteiger partial charge in [0.05, 0.1) is 6.26 Å². The van der Waals surface area contributed by atoms with E-state index in [-0.39, 0.29) is 5.76 Å². The fraction of sp³-hybridized carbons (Fsp3) is 0.267. The van der Waals surface area contributed by atoms with Gasteiger partial charge in [-0.1, -0.05) is 12.1 Å². The quantitative estimate of drug-likeness (QED) is 0.759. The third-order valence-corrected chi connectivity index (χ3v) is 2.79. The number of benzene rings is 1. The van der Waals surface area contributed by atoms with E-state index in [2.05, 4.69) is 5.32 Å². The predicted octanol–water partition coefficient (Wildman–Crippen LogP) is 2.45. The Balaban J connectivity index is 1.72. The molecule has 2 aromatic rings. The lowest BCUT2D eigenvalue weighted by Crippen LogP contribution is -2.21. The molecule has 1 aromatic heterocycles. The van der Waals surface area contributed by atoms with Crippen molar-refractivity contribution >= 4 is 5.97 Å². The molecular formula is C15H17NO4. The van der Waals surface area contributed by atoms with Gasteiger partial charge in [0.1, 0.15) is 12.4 Å². The summed E-state index contributed by atoms with van der Waals surface area (Å²) in [7, 11) is 0. The molecule has 0 amide bonds. The molecular weight excluding hydrogens is 258 g/mol. The molecule has 2 N–H and O–H groups in total. The Morgan fingerprint density at radius 3 is 3.00 bits per heavy atom. The molecule has 0 atom stereocenters. The lowest BCUT2D eigenvalue weighted by atomic mass is 10.2.